The SMILES string of the molecule is CCOC(=O)NC1SC=C(N)N1c1cccc(C(F)(F)F)c1. The molecule has 1 aliphatic rings. The molecule has 0 fully saturated rings. The van der Waals surface area contributed by atoms with E-state index >= 15 is 0 Å². The molecule has 1 aromatic carbocycles. The van der Waals surface area contributed by atoms with Crippen molar-refractivity contribution in [2.45, 2.75) is 18.6 Å². The smallest absolute Gasteiger partial charge is 0.416 e. The largest absolute Gasteiger partial charge is 0.450 e. The van der Waals surface area contributed by atoms with Crippen LogP contribution in [0.3, 0.4) is 0 Å². The molecule has 0 spiro atoms. The molecule has 1 unspecified atom stereocenters. The predicted molar refractivity (Wildman–Crippen MR) is 77.7 cm³/mol. The summed E-state index contributed by atoms with van der Waals surface area (Å²) in [5.74, 6) is 0.242. The van der Waals surface area contributed by atoms with Crippen LogP contribution in [0, 0.1) is 0 Å². The predicted octanol–water partition coefficient (Wildman–Crippen LogP) is 3.05. The number of carbonyl (C=O) groups excluding carboxylic acids is 1. The molecular formula is C13H14F3N3O2S. The van der Waals surface area contributed by atoms with Crippen LogP contribution >= 0.6 is 11.8 Å². The second-order valence-corrected chi connectivity index (χ2v) is 5.27. The number of anilines is 1. The van der Waals surface area contributed by atoms with Gasteiger partial charge < -0.3 is 10.5 Å². The van der Waals surface area contributed by atoms with E-state index in [4.69, 9.17) is 10.5 Å². The van der Waals surface area contributed by atoms with Crippen LogP contribution in [0.1, 0.15) is 12.5 Å². The molecule has 0 saturated heterocycles. The molecule has 5 nitrogen and oxygen atoms in total. The number of hydrogen-bond acceptors (Lipinski definition) is 5. The first kappa shape index (κ1) is 16.3. The first-order chi connectivity index (χ1) is 10.3. The maximum absolute atomic E-state index is 12.8. The number of alkyl halides is 3. The minimum atomic E-state index is -4.45. The van der Waals surface area contributed by atoms with Crippen molar-refractivity contribution in [3.63, 3.8) is 0 Å². The van der Waals surface area contributed by atoms with Gasteiger partial charge in [-0.25, -0.2) is 4.79 Å². The molecule has 1 heterocycles. The van der Waals surface area contributed by atoms with E-state index in [9.17, 15) is 18.0 Å². The highest BCUT2D eigenvalue weighted by molar-refractivity contribution is 8.03. The number of thioether (sulfide) groups is 1. The van der Waals surface area contributed by atoms with Gasteiger partial charge in [-0.05, 0) is 25.1 Å². The number of ether oxygens (including phenoxy) is 1. The summed E-state index contributed by atoms with van der Waals surface area (Å²) in [4.78, 5) is 12.9. The number of rotatable bonds is 3. The summed E-state index contributed by atoms with van der Waals surface area (Å²) in [5, 5.41) is 4.08. The Morgan fingerprint density at radius 2 is 2.23 bits per heavy atom. The Labute approximate surface area is 129 Å². The van der Waals surface area contributed by atoms with Crippen molar-refractivity contribution >= 4 is 23.5 Å². The molecule has 0 bridgehead atoms. The summed E-state index contributed by atoms with van der Waals surface area (Å²) in [6, 6.07) is 4.73. The van der Waals surface area contributed by atoms with E-state index in [1.807, 2.05) is 0 Å². The van der Waals surface area contributed by atoms with Gasteiger partial charge in [0.05, 0.1) is 12.2 Å². The molecular weight excluding hydrogens is 319 g/mol. The Morgan fingerprint density at radius 1 is 1.50 bits per heavy atom. The average Bonchev–Trinajstić information content (AvgIpc) is 2.79. The number of nitrogens with one attached hydrogen (secondary N) is 1. The molecule has 2 rings (SSSR count). The Kier molecular flexibility index (Phi) is 4.74. The monoisotopic (exact) mass is 333 g/mol. The van der Waals surface area contributed by atoms with Gasteiger partial charge in [0.25, 0.3) is 0 Å². The fourth-order valence-electron chi connectivity index (χ4n) is 1.88. The number of benzene rings is 1. The lowest BCUT2D eigenvalue weighted by atomic mass is 10.2. The van der Waals surface area contributed by atoms with Crippen LogP contribution in [0.2, 0.25) is 0 Å². The molecule has 0 aromatic heterocycles. The van der Waals surface area contributed by atoms with E-state index in [0.29, 0.717) is 0 Å². The van der Waals surface area contributed by atoms with Crippen molar-refractivity contribution in [1.82, 2.24) is 5.32 Å². The van der Waals surface area contributed by atoms with E-state index in [1.165, 1.54) is 28.8 Å². The fraction of sp³-hybridized carbons (Fsp3) is 0.308. The number of halogens is 3. The number of hydrogen-bond donors (Lipinski definition) is 2. The normalized spacial score (nSPS) is 18.1. The van der Waals surface area contributed by atoms with Crippen molar-refractivity contribution in [2.24, 2.45) is 5.73 Å². The third kappa shape index (κ3) is 3.59. The number of nitrogens with two attached hydrogens (primary N) is 1. The summed E-state index contributed by atoms with van der Waals surface area (Å²) < 4.78 is 43.2. The first-order valence-corrected chi connectivity index (χ1v) is 7.28. The molecule has 1 aliphatic heterocycles. The minimum absolute atomic E-state index is 0.190. The van der Waals surface area contributed by atoms with Gasteiger partial charge in [0.1, 0.15) is 5.82 Å². The highest BCUT2D eigenvalue weighted by Crippen LogP contribution is 2.36. The lowest BCUT2D eigenvalue weighted by Crippen LogP contribution is -2.44. The van der Waals surface area contributed by atoms with Crippen LogP contribution in [0.4, 0.5) is 23.7 Å². The third-order valence-electron chi connectivity index (χ3n) is 2.80. The van der Waals surface area contributed by atoms with Gasteiger partial charge in [0, 0.05) is 11.1 Å². The van der Waals surface area contributed by atoms with E-state index in [0.717, 1.165) is 12.1 Å². The first-order valence-electron chi connectivity index (χ1n) is 6.34. The van der Waals surface area contributed by atoms with Crippen LogP contribution < -0.4 is 16.0 Å². The minimum Gasteiger partial charge on any atom is -0.450 e. The molecule has 9 heteroatoms. The van der Waals surface area contributed by atoms with Crippen molar-refractivity contribution < 1.29 is 22.7 Å². The number of carbonyl (C=O) groups is 1. The van der Waals surface area contributed by atoms with Gasteiger partial charge in [0.2, 0.25) is 0 Å². The van der Waals surface area contributed by atoms with E-state index in [2.05, 4.69) is 5.32 Å². The van der Waals surface area contributed by atoms with Crippen LogP contribution in [-0.4, -0.2) is 18.2 Å². The van der Waals surface area contributed by atoms with Crippen LogP contribution in [-0.2, 0) is 10.9 Å². The van der Waals surface area contributed by atoms with Crippen LogP contribution in [0.25, 0.3) is 0 Å². The molecule has 3 N–H and O–H groups in total. The Bertz CT molecular complexity index is 592. The van der Waals surface area contributed by atoms with Crippen molar-refractivity contribution in [3.05, 3.63) is 41.1 Å². The van der Waals surface area contributed by atoms with Gasteiger partial charge in [-0.3, -0.25) is 10.2 Å². The highest BCUT2D eigenvalue weighted by atomic mass is 32.2. The zero-order chi connectivity index (χ0) is 16.3. The Hall–Kier alpha value is -2.03. The number of alkyl carbamates (subject to hydrolysis) is 1. The molecule has 1 atom stereocenters. The second-order valence-electron chi connectivity index (χ2n) is 4.31. The Morgan fingerprint density at radius 3 is 2.86 bits per heavy atom. The van der Waals surface area contributed by atoms with Crippen molar-refractivity contribution in [2.75, 3.05) is 11.5 Å². The molecule has 0 aliphatic carbocycles. The quantitative estimate of drug-likeness (QED) is 0.890. The summed E-state index contributed by atoms with van der Waals surface area (Å²) >= 11 is 1.17. The highest BCUT2D eigenvalue weighted by Gasteiger charge is 2.33. The number of amides is 1. The van der Waals surface area contributed by atoms with Crippen molar-refractivity contribution in [1.29, 1.82) is 0 Å². The van der Waals surface area contributed by atoms with Gasteiger partial charge >= 0.3 is 12.3 Å². The van der Waals surface area contributed by atoms with Gasteiger partial charge in [-0.2, -0.15) is 13.2 Å². The molecule has 120 valence electrons. The maximum atomic E-state index is 12.8. The van der Waals surface area contributed by atoms with Gasteiger partial charge in [-0.15, -0.1) is 0 Å². The molecule has 1 aromatic rings. The maximum Gasteiger partial charge on any atom is 0.416 e. The third-order valence-corrected chi connectivity index (χ3v) is 3.76. The lowest BCUT2D eigenvalue weighted by molar-refractivity contribution is -0.137. The molecule has 0 saturated carbocycles. The fourth-order valence-corrected chi connectivity index (χ4v) is 2.79. The summed E-state index contributed by atoms with van der Waals surface area (Å²) in [5.41, 5.74) is 4.58. The van der Waals surface area contributed by atoms with E-state index < -0.39 is 23.3 Å². The van der Waals surface area contributed by atoms with Crippen molar-refractivity contribution in [3.8, 4) is 0 Å². The summed E-state index contributed by atoms with van der Waals surface area (Å²) in [6.07, 6.45) is -5.12. The van der Waals surface area contributed by atoms with Gasteiger partial charge in [0.15, 0.2) is 5.50 Å². The molecule has 22 heavy (non-hydrogen) atoms. The average molecular weight is 333 g/mol. The van der Waals surface area contributed by atoms with Crippen LogP contribution in [0.15, 0.2) is 35.5 Å². The molecule has 1 amide bonds. The zero-order valence-electron chi connectivity index (χ0n) is 11.6. The lowest BCUT2D eigenvalue weighted by Gasteiger charge is -2.28. The Balaban J connectivity index is 2.24. The van der Waals surface area contributed by atoms with E-state index in [1.54, 1.807) is 12.3 Å². The van der Waals surface area contributed by atoms with E-state index in [-0.39, 0.29) is 18.1 Å². The van der Waals surface area contributed by atoms with Gasteiger partial charge in [-0.1, -0.05) is 17.8 Å². The second kappa shape index (κ2) is 6.39. The van der Waals surface area contributed by atoms with Crippen LogP contribution in [0.5, 0.6) is 0 Å². The standard InChI is InChI=1S/C13H14F3N3O2S/c1-2-21-12(20)18-11-19(10(17)7-22-11)9-5-3-4-8(6-9)13(14,15)16/h3-7,11H,2,17H2,1H3,(H,18,20). The number of nitrogens with zero attached hydrogens (tertiary/aromatic N) is 1. The summed E-state index contributed by atoms with van der Waals surface area (Å²) in [7, 11) is 0. The zero-order valence-corrected chi connectivity index (χ0v) is 12.4. The molecule has 0 radical (unpaired) electrons. The summed E-state index contributed by atoms with van der Waals surface area (Å²) in [6.45, 7) is 1.84. The topological polar surface area (TPSA) is 67.6 Å².